The summed E-state index contributed by atoms with van der Waals surface area (Å²) in [5.41, 5.74) is 5.41. The van der Waals surface area contributed by atoms with E-state index >= 15 is 0 Å². The largest absolute Gasteiger partial charge is 0.329 e. The number of nitrogens with two attached hydrogens (primary N) is 1. The predicted octanol–water partition coefficient (Wildman–Crippen LogP) is -0.675. The van der Waals surface area contributed by atoms with Crippen LogP contribution in [-0.4, -0.2) is 41.8 Å². The van der Waals surface area contributed by atoms with E-state index in [1.54, 1.807) is 17.1 Å². The van der Waals surface area contributed by atoms with Gasteiger partial charge in [0.1, 0.15) is 0 Å². The normalized spacial score (nSPS) is 13.8. The SMILES string of the molecule is CCC(CN)S(=O)(=O)NCCCn1ccnn1. The number of aryl methyl sites for hydroxylation is 1. The first-order valence-electron chi connectivity index (χ1n) is 5.62. The van der Waals surface area contributed by atoms with Crippen LogP contribution >= 0.6 is 0 Å². The van der Waals surface area contributed by atoms with Crippen LogP contribution in [0.3, 0.4) is 0 Å². The molecule has 0 aliphatic rings. The van der Waals surface area contributed by atoms with Crippen LogP contribution in [0, 0.1) is 0 Å². The van der Waals surface area contributed by atoms with Gasteiger partial charge in [0, 0.05) is 25.8 Å². The van der Waals surface area contributed by atoms with Crippen LogP contribution in [-0.2, 0) is 16.6 Å². The zero-order valence-electron chi connectivity index (χ0n) is 9.91. The van der Waals surface area contributed by atoms with Gasteiger partial charge in [-0.05, 0) is 12.8 Å². The molecule has 3 N–H and O–H groups in total. The maximum atomic E-state index is 11.7. The Labute approximate surface area is 101 Å². The topological polar surface area (TPSA) is 103 Å². The van der Waals surface area contributed by atoms with Crippen molar-refractivity contribution in [3.8, 4) is 0 Å². The number of aromatic nitrogens is 3. The smallest absolute Gasteiger partial charge is 0.215 e. The van der Waals surface area contributed by atoms with Crippen LogP contribution < -0.4 is 10.5 Å². The summed E-state index contributed by atoms with van der Waals surface area (Å²) in [7, 11) is -3.28. The lowest BCUT2D eigenvalue weighted by molar-refractivity contribution is 0.534. The highest BCUT2D eigenvalue weighted by Crippen LogP contribution is 2.02. The molecule has 0 fully saturated rings. The third kappa shape index (κ3) is 4.41. The molecule has 0 amide bonds. The lowest BCUT2D eigenvalue weighted by atomic mass is 10.3. The van der Waals surface area contributed by atoms with Crippen molar-refractivity contribution in [3.05, 3.63) is 12.4 Å². The Morgan fingerprint density at radius 1 is 1.53 bits per heavy atom. The van der Waals surface area contributed by atoms with E-state index in [0.29, 0.717) is 25.9 Å². The van der Waals surface area contributed by atoms with Gasteiger partial charge in [0.2, 0.25) is 10.0 Å². The number of rotatable bonds is 8. The third-order valence-corrected chi connectivity index (χ3v) is 4.51. The zero-order chi connectivity index (χ0) is 12.7. The van der Waals surface area contributed by atoms with Gasteiger partial charge in [0.25, 0.3) is 0 Å². The monoisotopic (exact) mass is 261 g/mol. The summed E-state index contributed by atoms with van der Waals surface area (Å²) in [5, 5.41) is 6.94. The van der Waals surface area contributed by atoms with Gasteiger partial charge in [-0.3, -0.25) is 4.68 Å². The van der Waals surface area contributed by atoms with Crippen molar-refractivity contribution in [1.29, 1.82) is 0 Å². The van der Waals surface area contributed by atoms with Gasteiger partial charge < -0.3 is 5.73 Å². The maximum Gasteiger partial charge on any atom is 0.215 e. The molecule has 17 heavy (non-hydrogen) atoms. The first-order chi connectivity index (χ1) is 8.10. The fraction of sp³-hybridized carbons (Fsp3) is 0.778. The molecule has 8 heteroatoms. The van der Waals surface area contributed by atoms with Crippen molar-refractivity contribution in [2.24, 2.45) is 5.73 Å². The molecule has 0 aliphatic heterocycles. The average molecular weight is 261 g/mol. The van der Waals surface area contributed by atoms with E-state index in [0.717, 1.165) is 0 Å². The molecule has 0 aliphatic carbocycles. The number of hydrogen-bond donors (Lipinski definition) is 2. The summed E-state index contributed by atoms with van der Waals surface area (Å²) >= 11 is 0. The highest BCUT2D eigenvalue weighted by atomic mass is 32.2. The van der Waals surface area contributed by atoms with Crippen molar-refractivity contribution < 1.29 is 8.42 Å². The standard InChI is InChI=1S/C9H19N5O2S/c1-2-9(8-10)17(15,16)12-4-3-6-14-7-5-11-13-14/h5,7,9,12H,2-4,6,8,10H2,1H3. The molecule has 1 atom stereocenters. The van der Waals surface area contributed by atoms with Gasteiger partial charge in [-0.2, -0.15) is 0 Å². The molecule has 0 aromatic carbocycles. The van der Waals surface area contributed by atoms with Crippen LogP contribution in [0.5, 0.6) is 0 Å². The second-order valence-corrected chi connectivity index (χ2v) is 5.77. The van der Waals surface area contributed by atoms with Gasteiger partial charge in [0.05, 0.1) is 11.4 Å². The minimum atomic E-state index is -3.28. The molecule has 0 spiro atoms. The van der Waals surface area contributed by atoms with E-state index in [2.05, 4.69) is 15.0 Å². The Morgan fingerprint density at radius 3 is 2.82 bits per heavy atom. The van der Waals surface area contributed by atoms with Gasteiger partial charge >= 0.3 is 0 Å². The minimum absolute atomic E-state index is 0.148. The Hall–Kier alpha value is -0.990. The Balaban J connectivity index is 2.30. The molecule has 1 aromatic heterocycles. The molecule has 1 unspecified atom stereocenters. The molecule has 0 saturated heterocycles. The lowest BCUT2D eigenvalue weighted by Crippen LogP contribution is -2.39. The molecular formula is C9H19N5O2S. The molecule has 1 rings (SSSR count). The van der Waals surface area contributed by atoms with Gasteiger partial charge in [-0.25, -0.2) is 13.1 Å². The second kappa shape index (κ2) is 6.67. The van der Waals surface area contributed by atoms with Gasteiger partial charge in [0.15, 0.2) is 0 Å². The molecule has 1 aromatic rings. The zero-order valence-corrected chi connectivity index (χ0v) is 10.7. The van der Waals surface area contributed by atoms with E-state index in [1.165, 1.54) is 0 Å². The first kappa shape index (κ1) is 14.1. The number of sulfonamides is 1. The summed E-state index contributed by atoms with van der Waals surface area (Å²) in [6.07, 6.45) is 4.52. The van der Waals surface area contributed by atoms with Crippen molar-refractivity contribution in [2.75, 3.05) is 13.1 Å². The Kier molecular flexibility index (Phi) is 5.52. The predicted molar refractivity (Wildman–Crippen MR) is 64.7 cm³/mol. The maximum absolute atomic E-state index is 11.7. The number of nitrogens with zero attached hydrogens (tertiary/aromatic N) is 3. The average Bonchev–Trinajstić information content (AvgIpc) is 2.78. The summed E-state index contributed by atoms with van der Waals surface area (Å²) < 4.78 is 27.7. The molecule has 0 saturated carbocycles. The Bertz CT molecular complexity index is 399. The Morgan fingerprint density at radius 2 is 2.29 bits per heavy atom. The van der Waals surface area contributed by atoms with Crippen LogP contribution in [0.15, 0.2) is 12.4 Å². The van der Waals surface area contributed by atoms with E-state index in [4.69, 9.17) is 5.73 Å². The molecule has 7 nitrogen and oxygen atoms in total. The molecule has 98 valence electrons. The van der Waals surface area contributed by atoms with Crippen LogP contribution in [0.4, 0.5) is 0 Å². The van der Waals surface area contributed by atoms with Crippen molar-refractivity contribution >= 4 is 10.0 Å². The lowest BCUT2D eigenvalue weighted by Gasteiger charge is -2.14. The summed E-state index contributed by atoms with van der Waals surface area (Å²) in [4.78, 5) is 0. The van der Waals surface area contributed by atoms with Crippen molar-refractivity contribution in [2.45, 2.75) is 31.6 Å². The van der Waals surface area contributed by atoms with E-state index in [-0.39, 0.29) is 6.54 Å². The van der Waals surface area contributed by atoms with Crippen molar-refractivity contribution in [3.63, 3.8) is 0 Å². The molecular weight excluding hydrogens is 242 g/mol. The summed E-state index contributed by atoms with van der Waals surface area (Å²) in [5.74, 6) is 0. The van der Waals surface area contributed by atoms with E-state index < -0.39 is 15.3 Å². The van der Waals surface area contributed by atoms with Crippen LogP contribution in [0.2, 0.25) is 0 Å². The highest BCUT2D eigenvalue weighted by Gasteiger charge is 2.21. The van der Waals surface area contributed by atoms with E-state index in [1.807, 2.05) is 6.92 Å². The summed E-state index contributed by atoms with van der Waals surface area (Å²) in [6, 6.07) is 0. The molecule has 0 bridgehead atoms. The second-order valence-electron chi connectivity index (χ2n) is 3.72. The van der Waals surface area contributed by atoms with Crippen LogP contribution in [0.25, 0.3) is 0 Å². The number of hydrogen-bond acceptors (Lipinski definition) is 5. The first-order valence-corrected chi connectivity index (χ1v) is 7.17. The quantitative estimate of drug-likeness (QED) is 0.604. The summed E-state index contributed by atoms with van der Waals surface area (Å²) in [6.45, 7) is 2.99. The molecule has 0 radical (unpaired) electrons. The van der Waals surface area contributed by atoms with E-state index in [9.17, 15) is 8.42 Å². The van der Waals surface area contributed by atoms with Gasteiger partial charge in [-0.1, -0.05) is 12.1 Å². The minimum Gasteiger partial charge on any atom is -0.329 e. The third-order valence-electron chi connectivity index (χ3n) is 2.50. The van der Waals surface area contributed by atoms with Crippen LogP contribution in [0.1, 0.15) is 19.8 Å². The molecule has 1 heterocycles. The number of nitrogens with one attached hydrogen (secondary N) is 1. The van der Waals surface area contributed by atoms with Crippen molar-refractivity contribution in [1.82, 2.24) is 19.7 Å². The fourth-order valence-electron chi connectivity index (χ4n) is 1.44. The fourth-order valence-corrected chi connectivity index (χ4v) is 2.79. The van der Waals surface area contributed by atoms with Gasteiger partial charge in [-0.15, -0.1) is 5.10 Å². The highest BCUT2D eigenvalue weighted by molar-refractivity contribution is 7.90.